The fourth-order valence-corrected chi connectivity index (χ4v) is 2.23. The molecule has 112 valence electrons. The lowest BCUT2D eigenvalue weighted by Gasteiger charge is -2.18. The maximum atomic E-state index is 12.9. The molecule has 0 aliphatic heterocycles. The first kappa shape index (κ1) is 15.6. The van der Waals surface area contributed by atoms with Crippen LogP contribution in [0.3, 0.4) is 0 Å². The molecule has 1 aromatic carbocycles. The fourth-order valence-electron chi connectivity index (χ4n) is 2.23. The predicted molar refractivity (Wildman–Crippen MR) is 81.3 cm³/mol. The van der Waals surface area contributed by atoms with Gasteiger partial charge in [-0.1, -0.05) is 18.2 Å². The van der Waals surface area contributed by atoms with Crippen molar-refractivity contribution in [3.8, 4) is 0 Å². The molecule has 0 spiro atoms. The summed E-state index contributed by atoms with van der Waals surface area (Å²) in [5, 5.41) is 13.5. The van der Waals surface area contributed by atoms with Crippen LogP contribution in [0.4, 0.5) is 4.39 Å². The van der Waals surface area contributed by atoms with Crippen molar-refractivity contribution in [1.82, 2.24) is 10.3 Å². The molecule has 1 aromatic heterocycles. The Labute approximate surface area is 124 Å². The third-order valence-corrected chi connectivity index (χ3v) is 3.59. The van der Waals surface area contributed by atoms with Gasteiger partial charge in [-0.3, -0.25) is 4.98 Å². The number of aliphatic hydroxyl groups excluding tert-OH is 1. The zero-order chi connectivity index (χ0) is 15.2. The first-order valence-electron chi connectivity index (χ1n) is 7.13. The SMILES string of the molecule is Cc1ncccc1CN[C@H](C)C[C@@H](O)c1ccc(F)cc1. The number of rotatable bonds is 6. The van der Waals surface area contributed by atoms with Gasteiger partial charge >= 0.3 is 0 Å². The molecule has 0 fully saturated rings. The maximum Gasteiger partial charge on any atom is 0.123 e. The molecular weight excluding hydrogens is 267 g/mol. The lowest BCUT2D eigenvalue weighted by Crippen LogP contribution is -2.27. The Morgan fingerprint density at radius 3 is 2.62 bits per heavy atom. The second-order valence-corrected chi connectivity index (χ2v) is 5.33. The molecule has 2 atom stereocenters. The number of hydrogen-bond donors (Lipinski definition) is 2. The van der Waals surface area contributed by atoms with E-state index in [-0.39, 0.29) is 11.9 Å². The van der Waals surface area contributed by atoms with Crippen molar-refractivity contribution in [1.29, 1.82) is 0 Å². The predicted octanol–water partition coefficient (Wildman–Crippen LogP) is 3.13. The van der Waals surface area contributed by atoms with Crippen molar-refractivity contribution in [2.45, 2.75) is 39.0 Å². The van der Waals surface area contributed by atoms with E-state index in [4.69, 9.17) is 0 Å². The van der Waals surface area contributed by atoms with Crippen LogP contribution in [-0.4, -0.2) is 16.1 Å². The highest BCUT2D eigenvalue weighted by Gasteiger charge is 2.12. The summed E-state index contributed by atoms with van der Waals surface area (Å²) in [6.07, 6.45) is 1.76. The average Bonchev–Trinajstić information content (AvgIpc) is 2.47. The number of nitrogens with zero attached hydrogens (tertiary/aromatic N) is 1. The van der Waals surface area contributed by atoms with Crippen molar-refractivity contribution >= 4 is 0 Å². The Kier molecular flexibility index (Phi) is 5.42. The Morgan fingerprint density at radius 1 is 1.24 bits per heavy atom. The van der Waals surface area contributed by atoms with E-state index in [1.165, 1.54) is 12.1 Å². The zero-order valence-corrected chi connectivity index (χ0v) is 12.4. The van der Waals surface area contributed by atoms with Gasteiger partial charge < -0.3 is 10.4 Å². The molecule has 0 saturated carbocycles. The van der Waals surface area contributed by atoms with Gasteiger partial charge in [0.1, 0.15) is 5.82 Å². The fraction of sp³-hybridized carbons (Fsp3) is 0.353. The van der Waals surface area contributed by atoms with Crippen molar-refractivity contribution in [3.05, 3.63) is 65.2 Å². The molecule has 1 heterocycles. The van der Waals surface area contributed by atoms with E-state index < -0.39 is 6.10 Å². The van der Waals surface area contributed by atoms with Gasteiger partial charge in [-0.15, -0.1) is 0 Å². The zero-order valence-electron chi connectivity index (χ0n) is 12.4. The summed E-state index contributed by atoms with van der Waals surface area (Å²) in [4.78, 5) is 4.25. The van der Waals surface area contributed by atoms with Crippen LogP contribution in [-0.2, 0) is 6.54 Å². The van der Waals surface area contributed by atoms with Gasteiger partial charge in [-0.25, -0.2) is 4.39 Å². The number of aliphatic hydroxyl groups is 1. The molecule has 4 heteroatoms. The number of halogens is 1. The Hall–Kier alpha value is -1.78. The molecule has 3 nitrogen and oxygen atoms in total. The van der Waals surface area contributed by atoms with E-state index in [1.54, 1.807) is 18.3 Å². The average molecular weight is 288 g/mol. The lowest BCUT2D eigenvalue weighted by atomic mass is 10.0. The van der Waals surface area contributed by atoms with Gasteiger partial charge in [0.15, 0.2) is 0 Å². The maximum absolute atomic E-state index is 12.9. The third kappa shape index (κ3) is 4.62. The summed E-state index contributed by atoms with van der Waals surface area (Å²) in [6, 6.07) is 10.1. The van der Waals surface area contributed by atoms with E-state index >= 15 is 0 Å². The topological polar surface area (TPSA) is 45.2 Å². The molecule has 0 bridgehead atoms. The normalized spacial score (nSPS) is 13.9. The molecule has 0 amide bonds. The lowest BCUT2D eigenvalue weighted by molar-refractivity contribution is 0.153. The molecule has 2 N–H and O–H groups in total. The van der Waals surface area contributed by atoms with Crippen molar-refractivity contribution in [3.63, 3.8) is 0 Å². The number of pyridine rings is 1. The van der Waals surface area contributed by atoms with Gasteiger partial charge in [0.05, 0.1) is 6.10 Å². The standard InChI is InChI=1S/C17H21FN2O/c1-12(20-11-15-4-3-9-19-13(15)2)10-17(21)14-5-7-16(18)8-6-14/h3-9,12,17,20-21H,10-11H2,1-2H3/t12-,17-/m1/s1. The van der Waals surface area contributed by atoms with Gasteiger partial charge in [0.2, 0.25) is 0 Å². The molecule has 0 saturated heterocycles. The Balaban J connectivity index is 1.85. The monoisotopic (exact) mass is 288 g/mol. The quantitative estimate of drug-likeness (QED) is 0.858. The summed E-state index contributed by atoms with van der Waals surface area (Å²) >= 11 is 0. The smallest absolute Gasteiger partial charge is 0.123 e. The molecule has 0 aliphatic rings. The van der Waals surface area contributed by atoms with Crippen LogP contribution in [0.1, 0.15) is 36.3 Å². The summed E-state index contributed by atoms with van der Waals surface area (Å²) in [7, 11) is 0. The Bertz CT molecular complexity index is 571. The minimum absolute atomic E-state index is 0.143. The van der Waals surface area contributed by atoms with Crippen LogP contribution < -0.4 is 5.32 Å². The Morgan fingerprint density at radius 2 is 1.95 bits per heavy atom. The highest BCUT2D eigenvalue weighted by atomic mass is 19.1. The molecule has 2 rings (SSSR count). The first-order valence-corrected chi connectivity index (χ1v) is 7.13. The minimum atomic E-state index is -0.594. The molecule has 0 radical (unpaired) electrons. The second kappa shape index (κ2) is 7.29. The van der Waals surface area contributed by atoms with E-state index in [9.17, 15) is 9.50 Å². The summed E-state index contributed by atoms with van der Waals surface area (Å²) < 4.78 is 12.9. The van der Waals surface area contributed by atoms with Gasteiger partial charge in [0.25, 0.3) is 0 Å². The third-order valence-electron chi connectivity index (χ3n) is 3.59. The number of aryl methyl sites for hydroxylation is 1. The molecule has 0 aliphatic carbocycles. The van der Waals surface area contributed by atoms with Crippen LogP contribution in [0.25, 0.3) is 0 Å². The highest BCUT2D eigenvalue weighted by Crippen LogP contribution is 2.18. The second-order valence-electron chi connectivity index (χ2n) is 5.33. The minimum Gasteiger partial charge on any atom is -0.388 e. The van der Waals surface area contributed by atoms with E-state index in [0.29, 0.717) is 6.42 Å². The van der Waals surface area contributed by atoms with E-state index in [1.807, 2.05) is 26.0 Å². The molecular formula is C17H21FN2O. The van der Waals surface area contributed by atoms with Crippen LogP contribution in [0.5, 0.6) is 0 Å². The first-order chi connectivity index (χ1) is 10.1. The van der Waals surface area contributed by atoms with Crippen LogP contribution >= 0.6 is 0 Å². The number of nitrogens with one attached hydrogen (secondary N) is 1. The van der Waals surface area contributed by atoms with Crippen molar-refractivity contribution in [2.24, 2.45) is 0 Å². The van der Waals surface area contributed by atoms with E-state index in [0.717, 1.165) is 23.4 Å². The van der Waals surface area contributed by atoms with Crippen LogP contribution in [0, 0.1) is 12.7 Å². The number of hydrogen-bond acceptors (Lipinski definition) is 3. The summed E-state index contributed by atoms with van der Waals surface area (Å²) in [6.45, 7) is 4.73. The van der Waals surface area contributed by atoms with Crippen LogP contribution in [0.15, 0.2) is 42.6 Å². The van der Waals surface area contributed by atoms with Gasteiger partial charge in [-0.2, -0.15) is 0 Å². The largest absolute Gasteiger partial charge is 0.388 e. The van der Waals surface area contributed by atoms with Crippen molar-refractivity contribution in [2.75, 3.05) is 0 Å². The molecule has 2 aromatic rings. The van der Waals surface area contributed by atoms with Crippen molar-refractivity contribution < 1.29 is 9.50 Å². The van der Waals surface area contributed by atoms with Crippen LogP contribution in [0.2, 0.25) is 0 Å². The summed E-state index contributed by atoms with van der Waals surface area (Å²) in [5.74, 6) is -0.288. The molecule has 0 unspecified atom stereocenters. The van der Waals surface area contributed by atoms with E-state index in [2.05, 4.69) is 10.3 Å². The summed E-state index contributed by atoms with van der Waals surface area (Å²) in [5.41, 5.74) is 2.90. The van der Waals surface area contributed by atoms with Gasteiger partial charge in [0, 0.05) is 24.5 Å². The van der Waals surface area contributed by atoms with Gasteiger partial charge in [-0.05, 0) is 49.6 Å². The number of benzene rings is 1. The number of aromatic nitrogens is 1. The molecule has 21 heavy (non-hydrogen) atoms. The highest BCUT2D eigenvalue weighted by molar-refractivity contribution is 5.19.